The Morgan fingerprint density at radius 3 is 1.70 bits per heavy atom. The molecule has 0 amide bonds. The van der Waals surface area contributed by atoms with Crippen LogP contribution in [0, 0.1) is 5.41 Å². The fourth-order valence-corrected chi connectivity index (χ4v) is 6.41. The van der Waals surface area contributed by atoms with E-state index in [9.17, 15) is 5.11 Å². The number of hydrogen-bond acceptors (Lipinski definition) is 4. The highest BCUT2D eigenvalue weighted by Gasteiger charge is 2.60. The van der Waals surface area contributed by atoms with Crippen LogP contribution in [0.2, 0.25) is 0 Å². The van der Waals surface area contributed by atoms with Crippen molar-refractivity contribution in [1.29, 1.82) is 0 Å². The molecule has 3 aromatic rings. The van der Waals surface area contributed by atoms with Crippen LogP contribution in [0.3, 0.4) is 0 Å². The number of rotatable bonds is 10. The van der Waals surface area contributed by atoms with Crippen molar-refractivity contribution in [3.05, 3.63) is 95.6 Å². The number of quaternary nitrogens is 1. The van der Waals surface area contributed by atoms with Crippen LogP contribution in [-0.4, -0.2) is 56.6 Å². The first-order valence-corrected chi connectivity index (χ1v) is 13.0. The van der Waals surface area contributed by atoms with Gasteiger partial charge >= 0.3 is 0 Å². The molecular weight excluding hydrogens is 530 g/mol. The maximum atomic E-state index is 12.7. The molecule has 6 rings (SSSR count). The van der Waals surface area contributed by atoms with Crippen molar-refractivity contribution in [1.82, 2.24) is 0 Å². The Bertz CT molecular complexity index is 1060. The van der Waals surface area contributed by atoms with Gasteiger partial charge in [-0.25, -0.2) is 0 Å². The second kappa shape index (κ2) is 11.6. The predicted octanol–water partition coefficient (Wildman–Crippen LogP) is 2.16. The van der Waals surface area contributed by atoms with Gasteiger partial charge in [-0.05, 0) is 41.0 Å². The van der Waals surface area contributed by atoms with Crippen LogP contribution in [0.1, 0.15) is 36.0 Å². The van der Waals surface area contributed by atoms with Gasteiger partial charge in [-0.15, -0.1) is 0 Å². The van der Waals surface area contributed by atoms with E-state index >= 15 is 0 Å². The summed E-state index contributed by atoms with van der Waals surface area (Å²) < 4.78 is 17.9. The number of aliphatic hydroxyl groups is 1. The van der Waals surface area contributed by atoms with Crippen molar-refractivity contribution in [3.63, 3.8) is 0 Å². The van der Waals surface area contributed by atoms with E-state index in [1.165, 1.54) is 5.56 Å². The molecule has 0 spiro atoms. The van der Waals surface area contributed by atoms with Gasteiger partial charge in [0, 0.05) is 24.7 Å². The van der Waals surface area contributed by atoms with Crippen LogP contribution in [0.4, 0.5) is 0 Å². The first-order chi connectivity index (χ1) is 17.5. The summed E-state index contributed by atoms with van der Waals surface area (Å²) in [6.45, 7) is 5.69. The minimum Gasteiger partial charge on any atom is -1.00 e. The van der Waals surface area contributed by atoms with Crippen LogP contribution in [0.15, 0.2) is 78.9 Å². The molecule has 198 valence electrons. The van der Waals surface area contributed by atoms with Crippen molar-refractivity contribution < 1.29 is 40.8 Å². The van der Waals surface area contributed by atoms with Crippen LogP contribution in [0.25, 0.3) is 0 Å². The van der Waals surface area contributed by atoms with Crippen LogP contribution >= 0.6 is 0 Å². The van der Waals surface area contributed by atoms with E-state index in [4.69, 9.17) is 14.2 Å². The Hall–Kier alpha value is -2.38. The molecule has 0 radical (unpaired) electrons. The fraction of sp³-hybridized carbons (Fsp3) is 0.419. The first kappa shape index (κ1) is 27.6. The number of piperidine rings is 3. The summed E-state index contributed by atoms with van der Waals surface area (Å²) in [5.41, 5.74) is 1.80. The maximum absolute atomic E-state index is 12.7. The smallest absolute Gasteiger partial charge is 0.121 e. The van der Waals surface area contributed by atoms with E-state index in [0.717, 1.165) is 79.2 Å². The molecular formula is C31H38BrNO4. The zero-order valence-corrected chi connectivity index (χ0v) is 23.5. The van der Waals surface area contributed by atoms with Crippen molar-refractivity contribution >= 4 is 0 Å². The Balaban J connectivity index is 0.00000320. The summed E-state index contributed by atoms with van der Waals surface area (Å²) in [6, 6.07) is 26.3. The van der Waals surface area contributed by atoms with Gasteiger partial charge in [0.05, 0.1) is 47.1 Å². The molecule has 0 unspecified atom stereocenters. The number of nitrogens with zero attached hydrogens (tertiary/aromatic N) is 1. The molecule has 3 aliphatic heterocycles. The number of fused-ring (bicyclic) bond motifs is 3. The van der Waals surface area contributed by atoms with Crippen LogP contribution < -0.4 is 26.5 Å². The van der Waals surface area contributed by atoms with Gasteiger partial charge in [-0.3, -0.25) is 0 Å². The third-order valence-electron chi connectivity index (χ3n) is 8.80. The lowest BCUT2D eigenvalue weighted by atomic mass is 9.56. The SMILES string of the molecule is COc1ccc(C(O)(c2ccc(OC)cc2)C23CC[N+](CCOCc4ccccc4)(CC2)CC3)cc1.[Br-]. The topological polar surface area (TPSA) is 47.9 Å². The van der Waals surface area contributed by atoms with Gasteiger partial charge in [-0.2, -0.15) is 0 Å². The number of methoxy groups -OCH3 is 2. The minimum atomic E-state index is -1.08. The normalized spacial score (nSPS) is 22.8. The van der Waals surface area contributed by atoms with Crippen molar-refractivity contribution in [3.8, 4) is 11.5 Å². The van der Waals surface area contributed by atoms with E-state index in [0.29, 0.717) is 6.61 Å². The maximum Gasteiger partial charge on any atom is 0.121 e. The highest BCUT2D eigenvalue weighted by molar-refractivity contribution is 5.43. The summed E-state index contributed by atoms with van der Waals surface area (Å²) in [5, 5.41) is 12.7. The number of benzene rings is 3. The molecule has 3 fully saturated rings. The molecule has 5 nitrogen and oxygen atoms in total. The van der Waals surface area contributed by atoms with Gasteiger partial charge in [0.25, 0.3) is 0 Å². The minimum absolute atomic E-state index is 0. The molecule has 0 atom stereocenters. The van der Waals surface area contributed by atoms with Gasteiger partial charge in [-0.1, -0.05) is 54.6 Å². The summed E-state index contributed by atoms with van der Waals surface area (Å²) >= 11 is 0. The zero-order valence-electron chi connectivity index (χ0n) is 21.9. The molecule has 1 N–H and O–H groups in total. The third-order valence-corrected chi connectivity index (χ3v) is 8.80. The standard InChI is InChI=1S/C31H38NO4.BrH/c1-34-28-12-8-26(9-13-28)31(33,27-10-14-29(35-2)15-11-27)30-16-19-32(20-17-30,21-18-30)22-23-36-24-25-6-4-3-5-7-25;/h3-15,33H,16-24H2,1-2H3;1H/q+1;/p-1. The molecule has 3 saturated heterocycles. The number of ether oxygens (including phenoxy) is 3. The second-order valence-corrected chi connectivity index (χ2v) is 10.5. The third kappa shape index (κ3) is 5.30. The molecule has 3 aromatic carbocycles. The summed E-state index contributed by atoms with van der Waals surface area (Å²) in [4.78, 5) is 0. The van der Waals surface area contributed by atoms with Gasteiger partial charge in [0.1, 0.15) is 23.6 Å². The highest BCUT2D eigenvalue weighted by Crippen LogP contribution is 2.57. The molecule has 37 heavy (non-hydrogen) atoms. The van der Waals surface area contributed by atoms with Gasteiger partial charge in [0.2, 0.25) is 0 Å². The molecule has 0 aliphatic carbocycles. The Morgan fingerprint density at radius 1 is 0.757 bits per heavy atom. The zero-order chi connectivity index (χ0) is 25.1. The van der Waals surface area contributed by atoms with Gasteiger partial charge in [0.15, 0.2) is 0 Å². The van der Waals surface area contributed by atoms with Crippen LogP contribution in [-0.2, 0) is 16.9 Å². The Labute approximate surface area is 231 Å². The molecule has 0 saturated carbocycles. The summed E-state index contributed by atoms with van der Waals surface area (Å²) in [5.74, 6) is 1.60. The lowest BCUT2D eigenvalue weighted by Gasteiger charge is -2.60. The van der Waals surface area contributed by atoms with Crippen molar-refractivity contribution in [2.24, 2.45) is 5.41 Å². The summed E-state index contributed by atoms with van der Waals surface area (Å²) in [6.07, 6.45) is 2.96. The van der Waals surface area contributed by atoms with E-state index in [1.807, 2.05) is 54.6 Å². The van der Waals surface area contributed by atoms with E-state index in [2.05, 4.69) is 24.3 Å². The molecule has 0 aromatic heterocycles. The van der Waals surface area contributed by atoms with Crippen LogP contribution in [0.5, 0.6) is 11.5 Å². The Kier molecular flexibility index (Phi) is 8.64. The summed E-state index contributed by atoms with van der Waals surface area (Å²) in [7, 11) is 3.35. The van der Waals surface area contributed by atoms with E-state index < -0.39 is 5.60 Å². The largest absolute Gasteiger partial charge is 1.00 e. The predicted molar refractivity (Wildman–Crippen MR) is 141 cm³/mol. The lowest BCUT2D eigenvalue weighted by Crippen LogP contribution is -3.00. The fourth-order valence-electron chi connectivity index (χ4n) is 6.41. The Morgan fingerprint density at radius 2 is 1.24 bits per heavy atom. The van der Waals surface area contributed by atoms with Crippen molar-refractivity contribution in [2.75, 3.05) is 47.0 Å². The van der Waals surface area contributed by atoms with E-state index in [1.54, 1.807) is 14.2 Å². The molecule has 3 heterocycles. The quantitative estimate of drug-likeness (QED) is 0.301. The van der Waals surface area contributed by atoms with Gasteiger partial charge < -0.3 is 40.8 Å². The molecule has 2 bridgehead atoms. The number of hydrogen-bond donors (Lipinski definition) is 1. The van der Waals surface area contributed by atoms with E-state index in [-0.39, 0.29) is 22.4 Å². The molecule has 6 heteroatoms. The highest BCUT2D eigenvalue weighted by atomic mass is 79.9. The average molecular weight is 569 g/mol. The average Bonchev–Trinajstić information content (AvgIpc) is 2.96. The number of halogens is 1. The first-order valence-electron chi connectivity index (χ1n) is 13.0. The second-order valence-electron chi connectivity index (χ2n) is 10.5. The lowest BCUT2D eigenvalue weighted by molar-refractivity contribution is -0.946. The monoisotopic (exact) mass is 567 g/mol. The molecule has 3 aliphatic rings. The van der Waals surface area contributed by atoms with Crippen molar-refractivity contribution in [2.45, 2.75) is 31.5 Å².